The molecule has 3 aromatic carbocycles. The highest BCUT2D eigenvalue weighted by atomic mass is 32.2. The van der Waals surface area contributed by atoms with Gasteiger partial charge in [-0.05, 0) is 54.1 Å². The molecule has 0 atom stereocenters. The van der Waals surface area contributed by atoms with Crippen molar-refractivity contribution in [2.45, 2.75) is 11.4 Å². The van der Waals surface area contributed by atoms with Gasteiger partial charge in [-0.25, -0.2) is 12.8 Å². The van der Waals surface area contributed by atoms with Gasteiger partial charge in [-0.3, -0.25) is 9.10 Å². The number of anilines is 1. The van der Waals surface area contributed by atoms with Gasteiger partial charge in [-0.15, -0.1) is 0 Å². The highest BCUT2D eigenvalue weighted by Gasteiger charge is 2.23. The Balaban J connectivity index is 1.74. The van der Waals surface area contributed by atoms with E-state index in [1.54, 1.807) is 12.1 Å². The molecule has 0 unspecified atom stereocenters. The average molecular weight is 459 g/mol. The van der Waals surface area contributed by atoms with Crippen LogP contribution in [0.3, 0.4) is 0 Å². The minimum Gasteiger partial charge on any atom is -0.493 e. The largest absolute Gasteiger partial charge is 0.493 e. The number of nitrogens with zero attached hydrogens (tertiary/aromatic N) is 1. The fourth-order valence-corrected chi connectivity index (χ4v) is 4.24. The van der Waals surface area contributed by atoms with Gasteiger partial charge in [0, 0.05) is 25.2 Å². The summed E-state index contributed by atoms with van der Waals surface area (Å²) in [6.07, 6.45) is 0. The van der Waals surface area contributed by atoms with Gasteiger partial charge in [0.15, 0.2) is 11.5 Å². The van der Waals surface area contributed by atoms with Gasteiger partial charge in [-0.1, -0.05) is 12.1 Å². The van der Waals surface area contributed by atoms with Gasteiger partial charge in [0.05, 0.1) is 24.8 Å². The number of methoxy groups -OCH3 is 2. The number of carbonyl (C=O) groups excluding carboxylic acids is 1. The number of sulfonamides is 1. The van der Waals surface area contributed by atoms with E-state index in [9.17, 15) is 17.6 Å². The second-order valence-electron chi connectivity index (χ2n) is 6.85. The summed E-state index contributed by atoms with van der Waals surface area (Å²) in [5, 5.41) is 2.71. The number of ether oxygens (including phenoxy) is 2. The molecular weight excluding hydrogens is 435 g/mol. The van der Waals surface area contributed by atoms with Crippen molar-refractivity contribution in [1.82, 2.24) is 5.32 Å². The number of amides is 1. The SMILES string of the molecule is COc1ccc(S(=O)(=O)N(C)c2ccc(C(=O)NCc3cccc(F)c3)cc2)cc1OC. The van der Waals surface area contributed by atoms with Crippen molar-refractivity contribution in [3.63, 3.8) is 0 Å². The van der Waals surface area contributed by atoms with Crippen molar-refractivity contribution in [3.05, 3.63) is 83.7 Å². The van der Waals surface area contributed by atoms with Crippen molar-refractivity contribution in [2.75, 3.05) is 25.6 Å². The fourth-order valence-electron chi connectivity index (χ4n) is 3.03. The smallest absolute Gasteiger partial charge is 0.264 e. The zero-order valence-corrected chi connectivity index (χ0v) is 18.6. The summed E-state index contributed by atoms with van der Waals surface area (Å²) in [5.41, 5.74) is 1.36. The van der Waals surface area contributed by atoms with E-state index in [0.29, 0.717) is 28.3 Å². The van der Waals surface area contributed by atoms with Crippen LogP contribution in [0.2, 0.25) is 0 Å². The van der Waals surface area contributed by atoms with Crippen molar-refractivity contribution < 1.29 is 27.1 Å². The molecule has 0 aromatic heterocycles. The van der Waals surface area contributed by atoms with Crippen LogP contribution in [0.15, 0.2) is 71.6 Å². The van der Waals surface area contributed by atoms with Gasteiger partial charge in [0.2, 0.25) is 0 Å². The quantitative estimate of drug-likeness (QED) is 0.558. The number of hydrogen-bond donors (Lipinski definition) is 1. The monoisotopic (exact) mass is 458 g/mol. The molecule has 0 spiro atoms. The maximum atomic E-state index is 13.3. The molecule has 0 radical (unpaired) electrons. The van der Waals surface area contributed by atoms with Crippen molar-refractivity contribution in [2.24, 2.45) is 0 Å². The Morgan fingerprint density at radius 2 is 1.66 bits per heavy atom. The van der Waals surface area contributed by atoms with Gasteiger partial charge >= 0.3 is 0 Å². The Bertz CT molecular complexity index is 1210. The zero-order chi connectivity index (χ0) is 23.3. The van der Waals surface area contributed by atoms with Gasteiger partial charge in [0.1, 0.15) is 5.82 Å². The fraction of sp³-hybridized carbons (Fsp3) is 0.174. The number of rotatable bonds is 8. The van der Waals surface area contributed by atoms with Crippen LogP contribution >= 0.6 is 0 Å². The van der Waals surface area contributed by atoms with Crippen LogP contribution in [0.1, 0.15) is 15.9 Å². The molecule has 168 valence electrons. The van der Waals surface area contributed by atoms with E-state index in [1.807, 2.05) is 0 Å². The van der Waals surface area contributed by atoms with Gasteiger partial charge in [-0.2, -0.15) is 0 Å². The van der Waals surface area contributed by atoms with Crippen LogP contribution in [-0.2, 0) is 16.6 Å². The third kappa shape index (κ3) is 5.00. The molecule has 1 N–H and O–H groups in total. The topological polar surface area (TPSA) is 84.9 Å². The molecule has 0 aliphatic carbocycles. The van der Waals surface area contributed by atoms with Gasteiger partial charge < -0.3 is 14.8 Å². The average Bonchev–Trinajstić information content (AvgIpc) is 2.81. The standard InChI is InChI=1S/C23H23FN2O5S/c1-26(32(28,29)20-11-12-21(30-2)22(14-20)31-3)19-9-7-17(8-10-19)23(27)25-15-16-5-4-6-18(24)13-16/h4-14H,15H2,1-3H3,(H,25,27). The second-order valence-corrected chi connectivity index (χ2v) is 8.82. The van der Waals surface area contributed by atoms with E-state index in [4.69, 9.17) is 9.47 Å². The first kappa shape index (κ1) is 23.1. The number of carbonyl (C=O) groups is 1. The summed E-state index contributed by atoms with van der Waals surface area (Å²) in [7, 11) is 0.443. The Hall–Kier alpha value is -3.59. The van der Waals surface area contributed by atoms with E-state index in [2.05, 4.69) is 5.32 Å². The Kier molecular flexibility index (Phi) is 6.99. The van der Waals surface area contributed by atoms with Crippen LogP contribution in [0.5, 0.6) is 11.5 Å². The number of benzene rings is 3. The predicted octanol–water partition coefficient (Wildman–Crippen LogP) is 3.60. The molecule has 0 fully saturated rings. The predicted molar refractivity (Wildman–Crippen MR) is 119 cm³/mol. The number of halogens is 1. The molecule has 0 heterocycles. The molecule has 7 nitrogen and oxygen atoms in total. The summed E-state index contributed by atoms with van der Waals surface area (Å²) < 4.78 is 50.8. The molecule has 0 bridgehead atoms. The van der Waals surface area contributed by atoms with E-state index in [1.165, 1.54) is 75.9 Å². The number of hydrogen-bond acceptors (Lipinski definition) is 5. The van der Waals surface area contributed by atoms with Crippen LogP contribution in [-0.4, -0.2) is 35.6 Å². The molecule has 3 aromatic rings. The summed E-state index contributed by atoms with van der Waals surface area (Å²) in [6, 6.07) is 16.4. The van der Waals surface area contributed by atoms with E-state index in [-0.39, 0.29) is 23.2 Å². The molecule has 0 aliphatic rings. The first-order valence-electron chi connectivity index (χ1n) is 9.60. The number of nitrogens with one attached hydrogen (secondary N) is 1. The zero-order valence-electron chi connectivity index (χ0n) is 17.8. The van der Waals surface area contributed by atoms with Crippen LogP contribution in [0, 0.1) is 5.82 Å². The molecule has 32 heavy (non-hydrogen) atoms. The Morgan fingerprint density at radius 3 is 2.28 bits per heavy atom. The lowest BCUT2D eigenvalue weighted by atomic mass is 10.1. The van der Waals surface area contributed by atoms with E-state index >= 15 is 0 Å². The van der Waals surface area contributed by atoms with E-state index in [0.717, 1.165) is 4.31 Å². The third-order valence-corrected chi connectivity index (χ3v) is 6.63. The Morgan fingerprint density at radius 1 is 0.969 bits per heavy atom. The normalized spacial score (nSPS) is 11.0. The lowest BCUT2D eigenvalue weighted by molar-refractivity contribution is 0.0951. The lowest BCUT2D eigenvalue weighted by Gasteiger charge is -2.20. The molecule has 1 amide bonds. The molecule has 3 rings (SSSR count). The Labute approximate surface area is 186 Å². The van der Waals surface area contributed by atoms with Crippen LogP contribution in [0.4, 0.5) is 10.1 Å². The summed E-state index contributed by atoms with van der Waals surface area (Å²) in [5.74, 6) is -0.0129. The maximum Gasteiger partial charge on any atom is 0.264 e. The minimum absolute atomic E-state index is 0.0366. The van der Waals surface area contributed by atoms with Crippen molar-refractivity contribution >= 4 is 21.6 Å². The van der Waals surface area contributed by atoms with Crippen LogP contribution < -0.4 is 19.1 Å². The molecular formula is C23H23FN2O5S. The molecule has 9 heteroatoms. The highest BCUT2D eigenvalue weighted by molar-refractivity contribution is 7.92. The maximum absolute atomic E-state index is 13.3. The lowest BCUT2D eigenvalue weighted by Crippen LogP contribution is -2.27. The summed E-state index contributed by atoms with van der Waals surface area (Å²) >= 11 is 0. The summed E-state index contributed by atoms with van der Waals surface area (Å²) in [4.78, 5) is 12.4. The third-order valence-electron chi connectivity index (χ3n) is 4.85. The first-order chi connectivity index (χ1) is 15.3. The van der Waals surface area contributed by atoms with E-state index < -0.39 is 10.0 Å². The molecule has 0 saturated heterocycles. The second kappa shape index (κ2) is 9.69. The van der Waals surface area contributed by atoms with Crippen molar-refractivity contribution in [3.8, 4) is 11.5 Å². The van der Waals surface area contributed by atoms with Gasteiger partial charge in [0.25, 0.3) is 15.9 Å². The van der Waals surface area contributed by atoms with Crippen LogP contribution in [0.25, 0.3) is 0 Å². The first-order valence-corrected chi connectivity index (χ1v) is 11.0. The highest BCUT2D eigenvalue weighted by Crippen LogP contribution is 2.31. The summed E-state index contributed by atoms with van der Waals surface area (Å²) in [6.45, 7) is 0.173. The molecule has 0 saturated carbocycles. The molecule has 0 aliphatic heterocycles. The van der Waals surface area contributed by atoms with Crippen molar-refractivity contribution in [1.29, 1.82) is 0 Å². The minimum atomic E-state index is -3.87.